The minimum Gasteiger partial charge on any atom is -0.450 e. The molecule has 1 amide bonds. The van der Waals surface area contributed by atoms with Crippen molar-refractivity contribution in [2.45, 2.75) is 6.42 Å². The molecule has 0 fully saturated rings. The molecule has 0 atom stereocenters. The second-order valence-corrected chi connectivity index (χ2v) is 5.53. The van der Waals surface area contributed by atoms with Gasteiger partial charge in [0.05, 0.1) is 6.54 Å². The summed E-state index contributed by atoms with van der Waals surface area (Å²) in [4.78, 5) is 22.4. The topological polar surface area (TPSA) is 80.5 Å². The van der Waals surface area contributed by atoms with Crippen LogP contribution in [0.4, 0.5) is 5.82 Å². The molecule has 0 bridgehead atoms. The number of methoxy groups -OCH3 is 1. The zero-order valence-electron chi connectivity index (χ0n) is 13.8. The van der Waals surface area contributed by atoms with E-state index in [1.807, 2.05) is 31.3 Å². The summed E-state index contributed by atoms with van der Waals surface area (Å²) in [7, 11) is 3.45. The number of benzene rings is 1. The van der Waals surface area contributed by atoms with Gasteiger partial charge in [0, 0.05) is 32.7 Å². The fraction of sp³-hybridized carbons (Fsp3) is 0.353. The maximum Gasteiger partial charge on any atom is 0.239 e. The highest BCUT2D eigenvalue weighted by Gasteiger charge is 2.17. The van der Waals surface area contributed by atoms with E-state index in [1.54, 1.807) is 12.0 Å². The average molecular weight is 328 g/mol. The van der Waals surface area contributed by atoms with Gasteiger partial charge in [-0.1, -0.05) is 12.1 Å². The molecule has 0 spiro atoms. The van der Waals surface area contributed by atoms with E-state index in [1.165, 1.54) is 6.33 Å². The van der Waals surface area contributed by atoms with Crippen LogP contribution in [0.1, 0.15) is 6.42 Å². The summed E-state index contributed by atoms with van der Waals surface area (Å²) in [6, 6.07) is 7.70. The monoisotopic (exact) mass is 328 g/mol. The standard InChI is InChI=1S/C17H20N4O3/c1-21(10-14(22)18-8-5-9-23-2)17-16-15(19-11-20-17)12-6-3-4-7-13(12)24-16/h3-4,6-7,11H,5,8-10H2,1-2H3,(H,18,22). The van der Waals surface area contributed by atoms with Gasteiger partial charge >= 0.3 is 0 Å². The number of hydrogen-bond donors (Lipinski definition) is 1. The lowest BCUT2D eigenvalue weighted by molar-refractivity contribution is -0.119. The van der Waals surface area contributed by atoms with Crippen molar-refractivity contribution in [3.8, 4) is 0 Å². The number of ether oxygens (including phenoxy) is 1. The van der Waals surface area contributed by atoms with Crippen molar-refractivity contribution in [2.75, 3.05) is 38.8 Å². The first-order valence-electron chi connectivity index (χ1n) is 7.79. The van der Waals surface area contributed by atoms with Crippen molar-refractivity contribution in [2.24, 2.45) is 0 Å². The van der Waals surface area contributed by atoms with Crippen molar-refractivity contribution < 1.29 is 13.9 Å². The zero-order chi connectivity index (χ0) is 16.9. The molecule has 0 radical (unpaired) electrons. The highest BCUT2D eigenvalue weighted by atomic mass is 16.5. The van der Waals surface area contributed by atoms with Gasteiger partial charge < -0.3 is 19.4 Å². The molecular formula is C17H20N4O3. The number of likely N-dealkylation sites (N-methyl/N-ethyl adjacent to an activating group) is 1. The predicted molar refractivity (Wildman–Crippen MR) is 92.1 cm³/mol. The fourth-order valence-electron chi connectivity index (χ4n) is 2.57. The van der Waals surface area contributed by atoms with Gasteiger partial charge in [-0.05, 0) is 18.6 Å². The maximum absolute atomic E-state index is 12.0. The van der Waals surface area contributed by atoms with Crippen LogP contribution in [0.3, 0.4) is 0 Å². The molecule has 2 heterocycles. The van der Waals surface area contributed by atoms with Gasteiger partial charge in [0.1, 0.15) is 17.4 Å². The van der Waals surface area contributed by atoms with Gasteiger partial charge in [-0.3, -0.25) is 4.79 Å². The van der Waals surface area contributed by atoms with E-state index in [0.717, 1.165) is 22.9 Å². The molecule has 0 aliphatic heterocycles. The van der Waals surface area contributed by atoms with E-state index in [2.05, 4.69) is 15.3 Å². The third-order valence-electron chi connectivity index (χ3n) is 3.73. The summed E-state index contributed by atoms with van der Waals surface area (Å²) in [6.07, 6.45) is 2.28. The normalized spacial score (nSPS) is 11.1. The largest absolute Gasteiger partial charge is 0.450 e. The van der Waals surface area contributed by atoms with Crippen LogP contribution in [0, 0.1) is 0 Å². The number of nitrogens with zero attached hydrogens (tertiary/aromatic N) is 3. The molecule has 1 aromatic carbocycles. The lowest BCUT2D eigenvalue weighted by Gasteiger charge is -2.17. The third kappa shape index (κ3) is 3.30. The number of aromatic nitrogens is 2. The van der Waals surface area contributed by atoms with Crippen LogP contribution >= 0.6 is 0 Å². The molecule has 3 aromatic rings. The van der Waals surface area contributed by atoms with Gasteiger partial charge in [0.15, 0.2) is 11.4 Å². The summed E-state index contributed by atoms with van der Waals surface area (Å²) in [5.41, 5.74) is 2.10. The van der Waals surface area contributed by atoms with Gasteiger partial charge in [-0.15, -0.1) is 0 Å². The molecular weight excluding hydrogens is 308 g/mol. The van der Waals surface area contributed by atoms with E-state index in [0.29, 0.717) is 24.6 Å². The van der Waals surface area contributed by atoms with Crippen LogP contribution in [0.15, 0.2) is 35.0 Å². The lowest BCUT2D eigenvalue weighted by atomic mass is 10.2. The first kappa shape index (κ1) is 16.2. The molecule has 7 heteroatoms. The van der Waals surface area contributed by atoms with Gasteiger partial charge in [0.25, 0.3) is 0 Å². The Morgan fingerprint density at radius 1 is 1.33 bits per heavy atom. The maximum atomic E-state index is 12.0. The Kier molecular flexibility index (Phi) is 4.90. The first-order chi connectivity index (χ1) is 11.7. The van der Waals surface area contributed by atoms with E-state index >= 15 is 0 Å². The fourth-order valence-corrected chi connectivity index (χ4v) is 2.57. The summed E-state index contributed by atoms with van der Waals surface area (Å²) in [6.45, 7) is 1.40. The first-order valence-corrected chi connectivity index (χ1v) is 7.79. The number of amides is 1. The number of carbonyl (C=O) groups is 1. The Labute approximate surface area is 139 Å². The molecule has 3 rings (SSSR count). The van der Waals surface area contributed by atoms with E-state index in [4.69, 9.17) is 9.15 Å². The molecule has 1 N–H and O–H groups in total. The van der Waals surface area contributed by atoms with Crippen LogP contribution in [0.2, 0.25) is 0 Å². The van der Waals surface area contributed by atoms with Crippen LogP contribution in [0.25, 0.3) is 22.1 Å². The smallest absolute Gasteiger partial charge is 0.239 e. The molecule has 2 aromatic heterocycles. The van der Waals surface area contributed by atoms with Crippen LogP contribution < -0.4 is 10.2 Å². The van der Waals surface area contributed by atoms with Gasteiger partial charge in [-0.25, -0.2) is 9.97 Å². The van der Waals surface area contributed by atoms with Crippen molar-refractivity contribution >= 4 is 33.8 Å². The minimum absolute atomic E-state index is 0.0727. The second kappa shape index (κ2) is 7.27. The Morgan fingerprint density at radius 3 is 3.00 bits per heavy atom. The van der Waals surface area contributed by atoms with Crippen molar-refractivity contribution in [1.82, 2.24) is 15.3 Å². The van der Waals surface area contributed by atoms with Crippen molar-refractivity contribution in [3.05, 3.63) is 30.6 Å². The van der Waals surface area contributed by atoms with Crippen molar-refractivity contribution in [3.63, 3.8) is 0 Å². The summed E-state index contributed by atoms with van der Waals surface area (Å²) < 4.78 is 10.8. The molecule has 0 saturated carbocycles. The zero-order valence-corrected chi connectivity index (χ0v) is 13.8. The number of hydrogen-bond acceptors (Lipinski definition) is 6. The van der Waals surface area contributed by atoms with Gasteiger partial charge in [0.2, 0.25) is 5.91 Å². The molecule has 0 aliphatic carbocycles. The summed E-state index contributed by atoms with van der Waals surface area (Å²) in [5.74, 6) is 0.528. The molecule has 0 aliphatic rings. The highest BCUT2D eigenvalue weighted by Crippen LogP contribution is 2.31. The lowest BCUT2D eigenvalue weighted by Crippen LogP contribution is -2.36. The number of rotatable bonds is 7. The van der Waals surface area contributed by atoms with Crippen LogP contribution in [-0.4, -0.2) is 49.7 Å². The van der Waals surface area contributed by atoms with Crippen LogP contribution in [0.5, 0.6) is 0 Å². The van der Waals surface area contributed by atoms with Crippen LogP contribution in [-0.2, 0) is 9.53 Å². The molecule has 126 valence electrons. The Hall–Kier alpha value is -2.67. The number of para-hydroxylation sites is 1. The van der Waals surface area contributed by atoms with E-state index in [9.17, 15) is 4.79 Å². The molecule has 0 unspecified atom stereocenters. The Morgan fingerprint density at radius 2 is 2.17 bits per heavy atom. The second-order valence-electron chi connectivity index (χ2n) is 5.53. The Bertz CT molecular complexity index is 846. The van der Waals surface area contributed by atoms with E-state index < -0.39 is 0 Å². The predicted octanol–water partition coefficient (Wildman–Crippen LogP) is 1.96. The average Bonchev–Trinajstić information content (AvgIpc) is 2.97. The number of anilines is 1. The summed E-state index contributed by atoms with van der Waals surface area (Å²) >= 11 is 0. The molecule has 24 heavy (non-hydrogen) atoms. The molecule has 7 nitrogen and oxygen atoms in total. The molecule has 0 saturated heterocycles. The number of furan rings is 1. The van der Waals surface area contributed by atoms with Gasteiger partial charge in [-0.2, -0.15) is 0 Å². The number of nitrogens with one attached hydrogen (secondary N) is 1. The highest BCUT2D eigenvalue weighted by molar-refractivity contribution is 6.05. The van der Waals surface area contributed by atoms with Crippen molar-refractivity contribution in [1.29, 1.82) is 0 Å². The van der Waals surface area contributed by atoms with E-state index in [-0.39, 0.29) is 12.5 Å². The summed E-state index contributed by atoms with van der Waals surface area (Å²) in [5, 5.41) is 3.80. The quantitative estimate of drug-likeness (QED) is 0.668. The minimum atomic E-state index is -0.0727. The number of fused-ring (bicyclic) bond motifs is 3. The number of carbonyl (C=O) groups excluding carboxylic acids is 1. The third-order valence-corrected chi connectivity index (χ3v) is 3.73. The SMILES string of the molecule is COCCCNC(=O)CN(C)c1ncnc2c1oc1ccccc12. The Balaban J connectivity index is 1.77.